The maximum atomic E-state index is 12.9. The molecule has 0 bridgehead atoms. The van der Waals surface area contributed by atoms with Gasteiger partial charge in [-0.3, -0.25) is 9.59 Å². The van der Waals surface area contributed by atoms with E-state index in [4.69, 9.17) is 9.47 Å². The van der Waals surface area contributed by atoms with Crippen LogP contribution in [0, 0.1) is 0 Å². The Balaban J connectivity index is 1.62. The van der Waals surface area contributed by atoms with Gasteiger partial charge in [0.1, 0.15) is 17.2 Å². The van der Waals surface area contributed by atoms with Crippen LogP contribution in [-0.4, -0.2) is 56.4 Å². The number of allylic oxidation sites excluding steroid dienone is 3. The highest BCUT2D eigenvalue weighted by Crippen LogP contribution is 2.51. The number of carbonyl (C=O) groups excluding carboxylic acids is 2. The molecule has 0 radical (unpaired) electrons. The SMILES string of the molecule is C=C/C=C(\C=C)OC(C)C(=O)N[C@@H]1C(=O)N2[C@@H]1SC(C)(C)[C@@H]2C(O)OCc1ccccc1. The third-order valence-corrected chi connectivity index (χ3v) is 7.10. The minimum Gasteiger partial charge on any atom is -0.481 e. The lowest BCUT2D eigenvalue weighted by Crippen LogP contribution is -2.71. The van der Waals surface area contributed by atoms with Crippen LogP contribution >= 0.6 is 11.8 Å². The second kappa shape index (κ2) is 9.94. The number of aliphatic hydroxyl groups is 1. The number of amides is 2. The first-order valence-corrected chi connectivity index (χ1v) is 11.3. The first kappa shape index (κ1) is 24.1. The summed E-state index contributed by atoms with van der Waals surface area (Å²) < 4.78 is 10.8. The fourth-order valence-electron chi connectivity index (χ4n) is 3.88. The van der Waals surface area contributed by atoms with Crippen molar-refractivity contribution in [3.05, 3.63) is 73.0 Å². The van der Waals surface area contributed by atoms with Gasteiger partial charge in [-0.1, -0.05) is 49.6 Å². The minimum absolute atomic E-state index is 0.241. The van der Waals surface area contributed by atoms with Crippen molar-refractivity contribution < 1.29 is 24.2 Å². The summed E-state index contributed by atoms with van der Waals surface area (Å²) in [5.74, 6) is -0.228. The number of benzene rings is 1. The van der Waals surface area contributed by atoms with Gasteiger partial charge in [0.05, 0.1) is 12.6 Å². The molecule has 32 heavy (non-hydrogen) atoms. The molecule has 2 aliphatic heterocycles. The summed E-state index contributed by atoms with van der Waals surface area (Å²) in [7, 11) is 0. The van der Waals surface area contributed by atoms with Crippen molar-refractivity contribution in [3.63, 3.8) is 0 Å². The molecule has 172 valence electrons. The molecular formula is C24H30N2O5S. The standard InChI is InChI=1S/C24H30N2O5S/c1-6-11-17(7-2)31-15(3)20(27)25-18-21(28)26-19(24(4,5)32-22(18)26)23(29)30-14-16-12-9-8-10-13-16/h6-13,15,18-19,22-23,29H,1-2,14H2,3-5H3,(H,25,27)/b17-11+/t15?,18-,19+,22-,23?/m1/s1. The third kappa shape index (κ3) is 4.92. The number of thioether (sulfide) groups is 1. The summed E-state index contributed by atoms with van der Waals surface area (Å²) in [6, 6.07) is 8.33. The summed E-state index contributed by atoms with van der Waals surface area (Å²) in [6.07, 6.45) is 2.67. The van der Waals surface area contributed by atoms with Crippen LogP contribution in [0.1, 0.15) is 26.3 Å². The molecule has 2 unspecified atom stereocenters. The fourth-order valence-corrected chi connectivity index (χ4v) is 5.54. The first-order chi connectivity index (χ1) is 15.2. The molecule has 2 heterocycles. The Kier molecular flexibility index (Phi) is 7.48. The number of ether oxygens (including phenoxy) is 2. The Labute approximate surface area is 193 Å². The predicted octanol–water partition coefficient (Wildman–Crippen LogP) is 2.73. The summed E-state index contributed by atoms with van der Waals surface area (Å²) in [6.45, 7) is 13.0. The maximum absolute atomic E-state index is 12.9. The zero-order chi connectivity index (χ0) is 23.5. The van der Waals surface area contributed by atoms with Gasteiger partial charge in [0.15, 0.2) is 12.4 Å². The van der Waals surface area contributed by atoms with Crippen LogP contribution in [0.3, 0.4) is 0 Å². The lowest BCUT2D eigenvalue weighted by molar-refractivity contribution is -0.182. The van der Waals surface area contributed by atoms with E-state index in [1.807, 2.05) is 44.2 Å². The van der Waals surface area contributed by atoms with Crippen LogP contribution < -0.4 is 5.32 Å². The van der Waals surface area contributed by atoms with E-state index in [0.717, 1.165) is 5.56 Å². The molecular weight excluding hydrogens is 428 g/mol. The van der Waals surface area contributed by atoms with Gasteiger partial charge in [0.25, 0.3) is 5.91 Å². The molecule has 0 aliphatic carbocycles. The zero-order valence-corrected chi connectivity index (χ0v) is 19.4. The van der Waals surface area contributed by atoms with E-state index in [-0.39, 0.29) is 17.9 Å². The molecule has 2 saturated heterocycles. The van der Waals surface area contributed by atoms with E-state index in [0.29, 0.717) is 5.76 Å². The topological polar surface area (TPSA) is 88.1 Å². The monoisotopic (exact) mass is 458 g/mol. The molecule has 5 atom stereocenters. The summed E-state index contributed by atoms with van der Waals surface area (Å²) >= 11 is 1.54. The average Bonchev–Trinajstić information content (AvgIpc) is 3.03. The van der Waals surface area contributed by atoms with Crippen molar-refractivity contribution in [2.75, 3.05) is 0 Å². The number of rotatable bonds is 10. The molecule has 2 aliphatic rings. The van der Waals surface area contributed by atoms with Gasteiger partial charge in [0.2, 0.25) is 5.91 Å². The summed E-state index contributed by atoms with van der Waals surface area (Å²) in [4.78, 5) is 27.1. The van der Waals surface area contributed by atoms with Crippen LogP contribution in [-0.2, 0) is 25.7 Å². The molecule has 2 N–H and O–H groups in total. The Morgan fingerprint density at radius 2 is 2.03 bits per heavy atom. The van der Waals surface area contributed by atoms with Gasteiger partial charge >= 0.3 is 0 Å². The number of hydrogen-bond acceptors (Lipinski definition) is 6. The van der Waals surface area contributed by atoms with E-state index in [1.54, 1.807) is 17.9 Å². The highest BCUT2D eigenvalue weighted by molar-refractivity contribution is 8.01. The molecule has 7 nitrogen and oxygen atoms in total. The Morgan fingerprint density at radius 3 is 2.66 bits per heavy atom. The number of nitrogens with one attached hydrogen (secondary N) is 1. The van der Waals surface area contributed by atoms with Crippen molar-refractivity contribution >= 4 is 23.6 Å². The molecule has 8 heteroatoms. The van der Waals surface area contributed by atoms with Crippen LogP contribution in [0.4, 0.5) is 0 Å². The number of β-lactam (4-membered cyclic amide) rings is 1. The lowest BCUT2D eigenvalue weighted by Gasteiger charge is -2.46. The van der Waals surface area contributed by atoms with Gasteiger partial charge in [0, 0.05) is 4.75 Å². The molecule has 3 rings (SSSR count). The molecule has 2 amide bonds. The van der Waals surface area contributed by atoms with Crippen molar-refractivity contribution in [2.24, 2.45) is 0 Å². The van der Waals surface area contributed by atoms with Crippen molar-refractivity contribution in [1.29, 1.82) is 0 Å². The smallest absolute Gasteiger partial charge is 0.261 e. The first-order valence-electron chi connectivity index (χ1n) is 10.5. The summed E-state index contributed by atoms with van der Waals surface area (Å²) in [5.41, 5.74) is 0.935. The molecule has 2 fully saturated rings. The number of hydrogen-bond donors (Lipinski definition) is 2. The second-order valence-electron chi connectivity index (χ2n) is 8.24. The van der Waals surface area contributed by atoms with E-state index in [2.05, 4.69) is 18.5 Å². The van der Waals surface area contributed by atoms with Gasteiger partial charge in [-0.15, -0.1) is 11.8 Å². The van der Waals surface area contributed by atoms with Crippen LogP contribution in [0.5, 0.6) is 0 Å². The quantitative estimate of drug-likeness (QED) is 0.243. The molecule has 0 aromatic heterocycles. The van der Waals surface area contributed by atoms with Gasteiger partial charge in [-0.05, 0) is 38.5 Å². The third-order valence-electron chi connectivity index (χ3n) is 5.51. The average molecular weight is 459 g/mol. The second-order valence-corrected chi connectivity index (χ2v) is 10.0. The van der Waals surface area contributed by atoms with Gasteiger partial charge in [-0.2, -0.15) is 0 Å². The number of nitrogens with zero attached hydrogens (tertiary/aromatic N) is 1. The van der Waals surface area contributed by atoms with E-state index < -0.39 is 35.1 Å². The van der Waals surface area contributed by atoms with Crippen molar-refractivity contribution in [1.82, 2.24) is 10.2 Å². The van der Waals surface area contributed by atoms with Crippen LogP contribution in [0.25, 0.3) is 0 Å². The lowest BCUT2D eigenvalue weighted by atomic mass is 9.95. The molecule has 1 aromatic rings. The number of carbonyl (C=O) groups is 2. The zero-order valence-electron chi connectivity index (χ0n) is 18.6. The highest BCUT2D eigenvalue weighted by Gasteiger charge is 2.63. The molecule has 0 spiro atoms. The fraction of sp³-hybridized carbons (Fsp3) is 0.417. The van der Waals surface area contributed by atoms with E-state index in [1.165, 1.54) is 23.9 Å². The van der Waals surface area contributed by atoms with Gasteiger partial charge < -0.3 is 24.8 Å². The highest BCUT2D eigenvalue weighted by atomic mass is 32.2. The van der Waals surface area contributed by atoms with Crippen molar-refractivity contribution in [2.45, 2.75) is 62.0 Å². The van der Waals surface area contributed by atoms with Crippen LogP contribution in [0.2, 0.25) is 0 Å². The maximum Gasteiger partial charge on any atom is 0.261 e. The normalized spacial score (nSPS) is 25.9. The Morgan fingerprint density at radius 1 is 1.34 bits per heavy atom. The largest absolute Gasteiger partial charge is 0.481 e. The predicted molar refractivity (Wildman–Crippen MR) is 124 cm³/mol. The van der Waals surface area contributed by atoms with E-state index >= 15 is 0 Å². The van der Waals surface area contributed by atoms with Crippen LogP contribution in [0.15, 0.2) is 67.5 Å². The Bertz CT molecular complexity index is 901. The summed E-state index contributed by atoms with van der Waals surface area (Å²) in [5, 5.41) is 13.3. The Hall–Kier alpha value is -2.55. The van der Waals surface area contributed by atoms with Crippen molar-refractivity contribution in [3.8, 4) is 0 Å². The molecule has 0 saturated carbocycles. The number of aliphatic hydroxyl groups excluding tert-OH is 1. The number of fused-ring (bicyclic) bond motifs is 1. The minimum atomic E-state index is -1.15. The molecule has 1 aromatic carbocycles. The van der Waals surface area contributed by atoms with E-state index in [9.17, 15) is 14.7 Å². The van der Waals surface area contributed by atoms with Gasteiger partial charge in [-0.25, -0.2) is 0 Å².